The summed E-state index contributed by atoms with van der Waals surface area (Å²) in [6.07, 6.45) is 0. The van der Waals surface area contributed by atoms with Crippen molar-refractivity contribution in [3.63, 3.8) is 0 Å². The minimum atomic E-state index is -0.108. The number of hydrogen-bond donors (Lipinski definition) is 1. The Morgan fingerprint density at radius 3 is 2.86 bits per heavy atom. The van der Waals surface area contributed by atoms with Gasteiger partial charge in [-0.1, -0.05) is 30.3 Å². The monoisotopic (exact) mass is 306 g/mol. The Labute approximate surface area is 127 Å². The molecule has 0 atom stereocenters. The van der Waals surface area contributed by atoms with Gasteiger partial charge in [-0.2, -0.15) is 0 Å². The number of hydrogen-bond acceptors (Lipinski definition) is 5. The second-order valence-electron chi connectivity index (χ2n) is 4.55. The van der Waals surface area contributed by atoms with Crippen molar-refractivity contribution in [3.05, 3.63) is 52.0 Å². The van der Waals surface area contributed by atoms with Crippen molar-refractivity contribution in [1.82, 2.24) is 9.88 Å². The standard InChI is InChI=1S/C15H18N2O3S/c1-17(9-12-5-3-2-4-6-12)15(19)13-11-21-14(16-13)10-20-8-7-18/h2-6,11,18H,7-10H2,1H3. The molecule has 0 bridgehead atoms. The molecule has 2 aromatic rings. The van der Waals surface area contributed by atoms with Gasteiger partial charge in [0.05, 0.1) is 19.8 Å². The normalized spacial score (nSPS) is 10.6. The maximum atomic E-state index is 12.3. The van der Waals surface area contributed by atoms with Crippen LogP contribution in [0.5, 0.6) is 0 Å². The van der Waals surface area contributed by atoms with Crippen molar-refractivity contribution in [3.8, 4) is 0 Å². The predicted octanol–water partition coefficient (Wildman–Crippen LogP) is 1.92. The van der Waals surface area contributed by atoms with Crippen LogP contribution in [0.3, 0.4) is 0 Å². The van der Waals surface area contributed by atoms with Crippen LogP contribution in [0.2, 0.25) is 0 Å². The number of aromatic nitrogens is 1. The Kier molecular flexibility index (Phi) is 5.86. The largest absolute Gasteiger partial charge is 0.394 e. The second kappa shape index (κ2) is 7.87. The van der Waals surface area contributed by atoms with Crippen molar-refractivity contribution in [2.45, 2.75) is 13.2 Å². The van der Waals surface area contributed by atoms with E-state index in [9.17, 15) is 4.79 Å². The number of rotatable bonds is 7. The van der Waals surface area contributed by atoms with Crippen LogP contribution in [-0.4, -0.2) is 41.2 Å². The summed E-state index contributed by atoms with van der Waals surface area (Å²) in [7, 11) is 1.76. The summed E-state index contributed by atoms with van der Waals surface area (Å²) < 4.78 is 5.19. The molecule has 0 radical (unpaired) electrons. The molecule has 1 aromatic heterocycles. The Balaban J connectivity index is 1.93. The number of aliphatic hydroxyl groups excluding tert-OH is 1. The number of aliphatic hydroxyl groups is 1. The Hall–Kier alpha value is -1.76. The summed E-state index contributed by atoms with van der Waals surface area (Å²) in [6, 6.07) is 9.82. The number of thiazole rings is 1. The fourth-order valence-corrected chi connectivity index (χ4v) is 2.53. The lowest BCUT2D eigenvalue weighted by molar-refractivity contribution is 0.0769. The number of ether oxygens (including phenoxy) is 1. The quantitative estimate of drug-likeness (QED) is 0.794. The van der Waals surface area contributed by atoms with Gasteiger partial charge in [0.1, 0.15) is 10.7 Å². The lowest BCUT2D eigenvalue weighted by Crippen LogP contribution is -2.26. The molecule has 0 spiro atoms. The van der Waals surface area contributed by atoms with Gasteiger partial charge in [-0.15, -0.1) is 11.3 Å². The minimum Gasteiger partial charge on any atom is -0.394 e. The fourth-order valence-electron chi connectivity index (χ4n) is 1.82. The number of amides is 1. The van der Waals surface area contributed by atoms with Crippen molar-refractivity contribution >= 4 is 17.2 Å². The minimum absolute atomic E-state index is 0.0169. The molecule has 0 aliphatic heterocycles. The highest BCUT2D eigenvalue weighted by Gasteiger charge is 2.15. The lowest BCUT2D eigenvalue weighted by Gasteiger charge is -2.15. The first kappa shape index (κ1) is 15.6. The van der Waals surface area contributed by atoms with Gasteiger partial charge in [0.2, 0.25) is 0 Å². The van der Waals surface area contributed by atoms with Crippen LogP contribution in [0.25, 0.3) is 0 Å². The van der Waals surface area contributed by atoms with E-state index < -0.39 is 0 Å². The first-order valence-electron chi connectivity index (χ1n) is 6.63. The Bertz CT molecular complexity index is 571. The Morgan fingerprint density at radius 1 is 1.38 bits per heavy atom. The zero-order valence-electron chi connectivity index (χ0n) is 11.9. The van der Waals surface area contributed by atoms with Crippen LogP contribution in [0.15, 0.2) is 35.7 Å². The number of nitrogens with zero attached hydrogens (tertiary/aromatic N) is 2. The maximum Gasteiger partial charge on any atom is 0.273 e. The van der Waals surface area contributed by atoms with E-state index in [1.807, 2.05) is 30.3 Å². The van der Waals surface area contributed by atoms with E-state index in [1.165, 1.54) is 11.3 Å². The van der Waals surface area contributed by atoms with Gasteiger partial charge in [-0.05, 0) is 5.56 Å². The summed E-state index contributed by atoms with van der Waals surface area (Å²) in [5.41, 5.74) is 1.51. The molecule has 0 aliphatic rings. The molecule has 1 amide bonds. The molecule has 2 rings (SSSR count). The molecule has 21 heavy (non-hydrogen) atoms. The number of carbonyl (C=O) groups excluding carboxylic acids is 1. The van der Waals surface area contributed by atoms with E-state index in [0.29, 0.717) is 18.8 Å². The molecular formula is C15H18N2O3S. The molecule has 5 nitrogen and oxygen atoms in total. The summed E-state index contributed by atoms with van der Waals surface area (Å²) >= 11 is 1.39. The van der Waals surface area contributed by atoms with Crippen molar-refractivity contribution in [1.29, 1.82) is 0 Å². The highest BCUT2D eigenvalue weighted by Crippen LogP contribution is 2.14. The third-order valence-corrected chi connectivity index (χ3v) is 3.66. The summed E-state index contributed by atoms with van der Waals surface area (Å²) in [5, 5.41) is 11.1. The maximum absolute atomic E-state index is 12.3. The van der Waals surface area contributed by atoms with E-state index in [1.54, 1.807) is 17.3 Å². The topological polar surface area (TPSA) is 62.7 Å². The Morgan fingerprint density at radius 2 is 2.14 bits per heavy atom. The smallest absolute Gasteiger partial charge is 0.273 e. The van der Waals surface area contributed by atoms with Crippen LogP contribution in [0.1, 0.15) is 21.1 Å². The van der Waals surface area contributed by atoms with Gasteiger partial charge < -0.3 is 14.7 Å². The summed E-state index contributed by atoms with van der Waals surface area (Å²) in [4.78, 5) is 18.2. The van der Waals surface area contributed by atoms with Crippen LogP contribution in [0, 0.1) is 0 Å². The molecular weight excluding hydrogens is 288 g/mol. The van der Waals surface area contributed by atoms with Crippen molar-refractivity contribution < 1.29 is 14.6 Å². The molecule has 0 aliphatic carbocycles. The second-order valence-corrected chi connectivity index (χ2v) is 5.49. The van der Waals surface area contributed by atoms with Gasteiger partial charge in [-0.3, -0.25) is 4.79 Å². The first-order chi connectivity index (χ1) is 10.2. The third kappa shape index (κ3) is 4.63. The molecule has 0 fully saturated rings. The fraction of sp³-hybridized carbons (Fsp3) is 0.333. The molecule has 1 N–H and O–H groups in total. The molecule has 1 heterocycles. The number of benzene rings is 1. The van der Waals surface area contributed by atoms with Crippen molar-refractivity contribution in [2.75, 3.05) is 20.3 Å². The molecule has 1 aromatic carbocycles. The van der Waals surface area contributed by atoms with E-state index >= 15 is 0 Å². The SMILES string of the molecule is CN(Cc1ccccc1)C(=O)c1csc(COCCO)n1. The highest BCUT2D eigenvalue weighted by molar-refractivity contribution is 7.09. The highest BCUT2D eigenvalue weighted by atomic mass is 32.1. The zero-order valence-corrected chi connectivity index (χ0v) is 12.7. The third-order valence-electron chi connectivity index (χ3n) is 2.84. The molecule has 6 heteroatoms. The summed E-state index contributed by atoms with van der Waals surface area (Å²) in [6.45, 7) is 1.13. The molecule has 0 saturated heterocycles. The van der Waals surface area contributed by atoms with Gasteiger partial charge in [0.15, 0.2) is 0 Å². The van der Waals surface area contributed by atoms with Crippen LogP contribution in [0.4, 0.5) is 0 Å². The van der Waals surface area contributed by atoms with E-state index in [4.69, 9.17) is 9.84 Å². The van der Waals surface area contributed by atoms with Gasteiger partial charge in [0, 0.05) is 19.0 Å². The van der Waals surface area contributed by atoms with E-state index in [-0.39, 0.29) is 19.1 Å². The van der Waals surface area contributed by atoms with Gasteiger partial charge in [0.25, 0.3) is 5.91 Å². The molecule has 112 valence electrons. The molecule has 0 unspecified atom stereocenters. The summed E-state index contributed by atoms with van der Waals surface area (Å²) in [5.74, 6) is -0.108. The predicted molar refractivity (Wildman–Crippen MR) is 81.1 cm³/mol. The van der Waals surface area contributed by atoms with Gasteiger partial charge >= 0.3 is 0 Å². The van der Waals surface area contributed by atoms with E-state index in [2.05, 4.69) is 4.98 Å². The average molecular weight is 306 g/mol. The van der Waals surface area contributed by atoms with Crippen LogP contribution in [-0.2, 0) is 17.9 Å². The van der Waals surface area contributed by atoms with Crippen LogP contribution < -0.4 is 0 Å². The zero-order chi connectivity index (χ0) is 15.1. The average Bonchev–Trinajstić information content (AvgIpc) is 2.96. The first-order valence-corrected chi connectivity index (χ1v) is 7.51. The van der Waals surface area contributed by atoms with Crippen molar-refractivity contribution in [2.24, 2.45) is 0 Å². The lowest BCUT2D eigenvalue weighted by atomic mass is 10.2. The van der Waals surface area contributed by atoms with Crippen LogP contribution >= 0.6 is 11.3 Å². The van der Waals surface area contributed by atoms with Gasteiger partial charge in [-0.25, -0.2) is 4.98 Å². The molecule has 0 saturated carbocycles. The number of carbonyl (C=O) groups is 1. The van der Waals surface area contributed by atoms with E-state index in [0.717, 1.165) is 10.6 Å².